The number of para-hydroxylation sites is 1. The molecule has 0 fully saturated rings. The van der Waals surface area contributed by atoms with Crippen molar-refractivity contribution in [3.05, 3.63) is 83.4 Å². The van der Waals surface area contributed by atoms with Crippen LogP contribution in [0.3, 0.4) is 0 Å². The molecule has 0 N–H and O–H groups in total. The van der Waals surface area contributed by atoms with Crippen LogP contribution in [0.1, 0.15) is 35.3 Å². The Labute approximate surface area is 220 Å². The van der Waals surface area contributed by atoms with Gasteiger partial charge >= 0.3 is 12.1 Å². The first-order chi connectivity index (χ1) is 18.5. The third-order valence-corrected chi connectivity index (χ3v) is 5.82. The molecule has 9 nitrogen and oxygen atoms in total. The number of carbonyl (C=O) groups excluding carboxylic acids is 2. The molecule has 9 heteroatoms. The lowest BCUT2D eigenvalue weighted by Crippen LogP contribution is -2.11. The van der Waals surface area contributed by atoms with Crippen LogP contribution in [0.2, 0.25) is 0 Å². The molecule has 0 saturated heterocycles. The molecule has 0 atom stereocenters. The highest BCUT2D eigenvalue weighted by Crippen LogP contribution is 2.29. The van der Waals surface area contributed by atoms with Crippen molar-refractivity contribution in [3.63, 3.8) is 0 Å². The van der Waals surface area contributed by atoms with E-state index in [0.717, 1.165) is 16.7 Å². The molecular weight excluding hydrogens is 486 g/mol. The molecule has 0 bridgehead atoms. The first kappa shape index (κ1) is 26.4. The second-order valence-corrected chi connectivity index (χ2v) is 8.14. The molecule has 0 saturated carbocycles. The Morgan fingerprint density at radius 1 is 0.868 bits per heavy atom. The van der Waals surface area contributed by atoms with Crippen LogP contribution >= 0.6 is 0 Å². The number of hydrogen-bond acceptors (Lipinski definition) is 7. The molecule has 4 rings (SSSR count). The summed E-state index contributed by atoms with van der Waals surface area (Å²) in [5.41, 5.74) is 5.13. The summed E-state index contributed by atoms with van der Waals surface area (Å²) in [4.78, 5) is 32.9. The van der Waals surface area contributed by atoms with Crippen LogP contribution < -0.4 is 4.74 Å². The summed E-state index contributed by atoms with van der Waals surface area (Å²) in [5.74, 6) is -0.244. The molecule has 4 aromatic rings. The van der Waals surface area contributed by atoms with Crippen molar-refractivity contribution in [2.75, 3.05) is 27.4 Å². The summed E-state index contributed by atoms with van der Waals surface area (Å²) in [6.45, 7) is 4.92. The summed E-state index contributed by atoms with van der Waals surface area (Å²) >= 11 is 0. The summed E-state index contributed by atoms with van der Waals surface area (Å²) < 4.78 is 23.0. The predicted octanol–water partition coefficient (Wildman–Crippen LogP) is 5.49. The van der Waals surface area contributed by atoms with Crippen molar-refractivity contribution in [2.24, 2.45) is 4.99 Å². The van der Waals surface area contributed by atoms with Crippen molar-refractivity contribution in [2.45, 2.75) is 20.4 Å². The molecule has 0 radical (unpaired) electrons. The van der Waals surface area contributed by atoms with Crippen LogP contribution in [0.4, 0.5) is 4.79 Å². The van der Waals surface area contributed by atoms with Gasteiger partial charge in [-0.3, -0.25) is 4.57 Å². The zero-order chi connectivity index (χ0) is 27.1. The van der Waals surface area contributed by atoms with Crippen molar-refractivity contribution in [1.29, 1.82) is 0 Å². The van der Waals surface area contributed by atoms with Gasteiger partial charge in [0, 0.05) is 5.56 Å². The smallest absolute Gasteiger partial charge is 0.436 e. The normalized spacial score (nSPS) is 11.3. The Bertz CT molecular complexity index is 1470. The lowest BCUT2D eigenvalue weighted by atomic mass is 9.98. The Kier molecular flexibility index (Phi) is 8.37. The topological polar surface area (TPSA) is 101 Å². The summed E-state index contributed by atoms with van der Waals surface area (Å²) in [5, 5.41) is 0. The van der Waals surface area contributed by atoms with Crippen molar-refractivity contribution < 1.29 is 28.5 Å². The SMILES string of the molecule is CCO/C(=N\C(=O)OC)c1ccccc1-c1ccc(Cn2c(OCC)nc3cccc(C(=O)OC)c32)cc1. The molecule has 38 heavy (non-hydrogen) atoms. The number of nitrogens with zero attached hydrogens (tertiary/aromatic N) is 3. The maximum atomic E-state index is 12.5. The van der Waals surface area contributed by atoms with Gasteiger partial charge in [-0.1, -0.05) is 48.5 Å². The largest absolute Gasteiger partial charge is 0.477 e. The average Bonchev–Trinajstić information content (AvgIpc) is 3.29. The van der Waals surface area contributed by atoms with Gasteiger partial charge in [0.1, 0.15) is 0 Å². The molecule has 1 amide bonds. The van der Waals surface area contributed by atoms with Crippen LogP contribution in [0.15, 0.2) is 71.7 Å². The number of fused-ring (bicyclic) bond motifs is 1. The number of hydrogen-bond donors (Lipinski definition) is 0. The zero-order valence-corrected chi connectivity index (χ0v) is 21.8. The van der Waals surface area contributed by atoms with Gasteiger partial charge in [0.2, 0.25) is 5.90 Å². The molecule has 1 aromatic heterocycles. The molecule has 0 aliphatic carbocycles. The fourth-order valence-corrected chi connectivity index (χ4v) is 4.15. The Morgan fingerprint density at radius 3 is 2.29 bits per heavy atom. The highest BCUT2D eigenvalue weighted by atomic mass is 16.5. The van der Waals surface area contributed by atoms with E-state index < -0.39 is 12.1 Å². The first-order valence-electron chi connectivity index (χ1n) is 12.2. The number of aliphatic imine (C=N–C) groups is 1. The van der Waals surface area contributed by atoms with E-state index in [2.05, 4.69) is 9.98 Å². The van der Waals surface area contributed by atoms with E-state index in [4.69, 9.17) is 18.9 Å². The number of methoxy groups -OCH3 is 2. The minimum atomic E-state index is -0.734. The van der Waals surface area contributed by atoms with E-state index in [0.29, 0.717) is 47.9 Å². The monoisotopic (exact) mass is 515 g/mol. The molecule has 3 aromatic carbocycles. The first-order valence-corrected chi connectivity index (χ1v) is 12.2. The van der Waals surface area contributed by atoms with Crippen molar-refractivity contribution in [3.8, 4) is 17.1 Å². The van der Waals surface area contributed by atoms with Crippen LogP contribution in [0.5, 0.6) is 6.01 Å². The molecule has 0 unspecified atom stereocenters. The van der Waals surface area contributed by atoms with E-state index in [1.165, 1.54) is 14.2 Å². The molecule has 0 aliphatic rings. The van der Waals surface area contributed by atoms with Crippen LogP contribution in [-0.4, -0.2) is 54.9 Å². The standard InChI is InChI=1S/C29H29N3O6/c1-5-37-26(31-29(34)36-4)22-11-8-7-10-21(22)20-16-14-19(15-17-20)18-32-25-23(27(33)35-3)12-9-13-24(25)30-28(32)38-6-2/h7-17H,5-6,18H2,1-4H3/b31-26-. The number of rotatable bonds is 8. The van der Waals surface area contributed by atoms with Crippen molar-refractivity contribution >= 4 is 29.0 Å². The number of imidazole rings is 1. The number of esters is 1. The lowest BCUT2D eigenvalue weighted by Gasteiger charge is -2.14. The second kappa shape index (κ2) is 12.1. The predicted molar refractivity (Wildman–Crippen MR) is 144 cm³/mol. The van der Waals surface area contributed by atoms with E-state index in [1.54, 1.807) is 12.1 Å². The number of ether oxygens (including phenoxy) is 4. The van der Waals surface area contributed by atoms with E-state index in [-0.39, 0.29) is 5.90 Å². The van der Waals surface area contributed by atoms with E-state index in [1.807, 2.05) is 73.0 Å². The number of amides is 1. The quantitative estimate of drug-likeness (QED) is 0.174. The van der Waals surface area contributed by atoms with Crippen LogP contribution in [-0.2, 0) is 20.8 Å². The average molecular weight is 516 g/mol. The van der Waals surface area contributed by atoms with Gasteiger partial charge in [0.15, 0.2) is 0 Å². The molecule has 0 spiro atoms. The Morgan fingerprint density at radius 2 is 1.61 bits per heavy atom. The van der Waals surface area contributed by atoms with Crippen LogP contribution in [0.25, 0.3) is 22.2 Å². The van der Waals surface area contributed by atoms with Gasteiger partial charge < -0.3 is 18.9 Å². The fraction of sp³-hybridized carbons (Fsp3) is 0.241. The van der Waals surface area contributed by atoms with Gasteiger partial charge in [-0.05, 0) is 48.7 Å². The third-order valence-electron chi connectivity index (χ3n) is 5.82. The summed E-state index contributed by atoms with van der Waals surface area (Å²) in [6.07, 6.45) is -0.734. The lowest BCUT2D eigenvalue weighted by molar-refractivity contribution is 0.0602. The van der Waals surface area contributed by atoms with Crippen molar-refractivity contribution in [1.82, 2.24) is 9.55 Å². The minimum Gasteiger partial charge on any atom is -0.477 e. The molecule has 1 heterocycles. The minimum absolute atomic E-state index is 0.195. The van der Waals surface area contributed by atoms with Gasteiger partial charge in [0.05, 0.1) is 50.6 Å². The van der Waals surface area contributed by atoms with Gasteiger partial charge in [0.25, 0.3) is 6.01 Å². The molecule has 196 valence electrons. The zero-order valence-electron chi connectivity index (χ0n) is 21.8. The summed E-state index contributed by atoms with van der Waals surface area (Å²) in [7, 11) is 2.63. The van der Waals surface area contributed by atoms with E-state index in [9.17, 15) is 9.59 Å². The maximum Gasteiger partial charge on any atom is 0.436 e. The molecule has 0 aliphatic heterocycles. The Balaban J connectivity index is 1.72. The molecular formula is C29H29N3O6. The fourth-order valence-electron chi connectivity index (χ4n) is 4.15. The van der Waals surface area contributed by atoms with Gasteiger partial charge in [-0.15, -0.1) is 4.99 Å². The number of carbonyl (C=O) groups is 2. The second-order valence-electron chi connectivity index (χ2n) is 8.14. The number of aromatic nitrogens is 2. The van der Waals surface area contributed by atoms with Gasteiger partial charge in [-0.25, -0.2) is 9.59 Å². The van der Waals surface area contributed by atoms with Gasteiger partial charge in [-0.2, -0.15) is 4.98 Å². The summed E-state index contributed by atoms with van der Waals surface area (Å²) in [6, 6.07) is 21.3. The van der Waals surface area contributed by atoms with E-state index >= 15 is 0 Å². The highest BCUT2D eigenvalue weighted by molar-refractivity contribution is 6.05. The Hall–Kier alpha value is -4.66. The highest BCUT2D eigenvalue weighted by Gasteiger charge is 2.20. The van der Waals surface area contributed by atoms with Crippen LogP contribution in [0, 0.1) is 0 Å². The maximum absolute atomic E-state index is 12.5. The third kappa shape index (κ3) is 5.51. The number of benzene rings is 3.